The number of hydrogen-bond acceptors (Lipinski definition) is 3. The van der Waals surface area contributed by atoms with Crippen molar-refractivity contribution in [1.29, 1.82) is 0 Å². The van der Waals surface area contributed by atoms with E-state index < -0.39 is 23.2 Å². The van der Waals surface area contributed by atoms with E-state index in [1.807, 2.05) is 0 Å². The summed E-state index contributed by atoms with van der Waals surface area (Å²) in [6.07, 6.45) is -3.45. The van der Waals surface area contributed by atoms with Gasteiger partial charge in [-0.25, -0.2) is 4.68 Å². The van der Waals surface area contributed by atoms with Crippen LogP contribution in [0.4, 0.5) is 18.9 Å². The van der Waals surface area contributed by atoms with Gasteiger partial charge in [-0.1, -0.05) is 20.8 Å². The normalized spacial score (nSPS) is 11.9. The molecule has 0 bridgehead atoms. The molecule has 0 aliphatic rings. The number of halogens is 3. The maximum Gasteiger partial charge on any atom is 0.433 e. The van der Waals surface area contributed by atoms with Crippen molar-refractivity contribution >= 4 is 17.5 Å². The highest BCUT2D eigenvalue weighted by molar-refractivity contribution is 5.95. The summed E-state index contributed by atoms with van der Waals surface area (Å²) in [6.45, 7) is 4.98. The highest BCUT2D eigenvalue weighted by Crippen LogP contribution is 2.30. The summed E-state index contributed by atoms with van der Waals surface area (Å²) in [4.78, 5) is 23.6. The molecule has 0 saturated carbocycles. The molecule has 26 heavy (non-hydrogen) atoms. The Morgan fingerprint density at radius 3 is 2.23 bits per heavy atom. The lowest BCUT2D eigenvalue weighted by molar-refractivity contribution is -0.142. The number of carbonyl (C=O) groups excluding carboxylic acids is 2. The fraction of sp³-hybridized carbons (Fsp3) is 0.353. The van der Waals surface area contributed by atoms with Crippen LogP contribution in [0.25, 0.3) is 5.69 Å². The second-order valence-electron chi connectivity index (χ2n) is 6.65. The number of nitrogens with one attached hydrogen (secondary N) is 2. The van der Waals surface area contributed by atoms with E-state index in [0.29, 0.717) is 5.69 Å². The molecule has 140 valence electrons. The molecule has 1 aromatic heterocycles. The van der Waals surface area contributed by atoms with Crippen LogP contribution in [0.3, 0.4) is 0 Å². The van der Waals surface area contributed by atoms with E-state index >= 15 is 0 Å². The zero-order chi connectivity index (χ0) is 19.5. The standard InChI is InChI=1S/C17H19F3N4O2/c1-16(2,3)15(26)21-10-14(25)23-11-4-6-12(7-5-11)24-13(8-9-22-24)17(18,19)20/h4-9H,10H2,1-3H3,(H,21,26)(H,23,25). The second kappa shape index (κ2) is 7.19. The number of carbonyl (C=O) groups is 2. The van der Waals surface area contributed by atoms with Gasteiger partial charge in [0.05, 0.1) is 18.4 Å². The van der Waals surface area contributed by atoms with Crippen LogP contribution in [0.5, 0.6) is 0 Å². The van der Waals surface area contributed by atoms with E-state index in [0.717, 1.165) is 16.9 Å². The third-order valence-corrected chi connectivity index (χ3v) is 3.42. The monoisotopic (exact) mass is 368 g/mol. The number of aromatic nitrogens is 2. The lowest BCUT2D eigenvalue weighted by Crippen LogP contribution is -2.39. The van der Waals surface area contributed by atoms with Crippen LogP contribution in [0.2, 0.25) is 0 Å². The van der Waals surface area contributed by atoms with E-state index in [-0.39, 0.29) is 18.1 Å². The fourth-order valence-corrected chi connectivity index (χ4v) is 2.04. The second-order valence-corrected chi connectivity index (χ2v) is 6.65. The molecule has 0 radical (unpaired) electrons. The summed E-state index contributed by atoms with van der Waals surface area (Å²) in [5, 5.41) is 8.75. The molecule has 0 fully saturated rings. The van der Waals surface area contributed by atoms with Crippen molar-refractivity contribution in [3.63, 3.8) is 0 Å². The predicted octanol–water partition coefficient (Wildman–Crippen LogP) is 2.99. The number of nitrogens with zero attached hydrogens (tertiary/aromatic N) is 2. The van der Waals surface area contributed by atoms with Gasteiger partial charge < -0.3 is 10.6 Å². The number of amides is 2. The minimum atomic E-state index is -4.52. The van der Waals surface area contributed by atoms with Gasteiger partial charge in [-0.2, -0.15) is 18.3 Å². The molecule has 6 nitrogen and oxygen atoms in total. The van der Waals surface area contributed by atoms with E-state index in [1.54, 1.807) is 20.8 Å². The summed E-state index contributed by atoms with van der Waals surface area (Å²) in [5.74, 6) is -0.702. The van der Waals surface area contributed by atoms with Crippen molar-refractivity contribution in [2.45, 2.75) is 26.9 Å². The minimum absolute atomic E-state index is 0.199. The molecule has 0 aliphatic carbocycles. The van der Waals surface area contributed by atoms with Crippen LogP contribution < -0.4 is 10.6 Å². The average molecular weight is 368 g/mol. The van der Waals surface area contributed by atoms with Crippen LogP contribution in [-0.4, -0.2) is 28.1 Å². The molecule has 0 saturated heterocycles. The van der Waals surface area contributed by atoms with Crippen molar-refractivity contribution in [3.05, 3.63) is 42.2 Å². The smallest absolute Gasteiger partial charge is 0.347 e. The Hall–Kier alpha value is -2.84. The summed E-state index contributed by atoms with van der Waals surface area (Å²) < 4.78 is 39.5. The Kier molecular flexibility index (Phi) is 5.38. The molecular formula is C17H19F3N4O2. The molecule has 2 rings (SSSR count). The highest BCUT2D eigenvalue weighted by atomic mass is 19.4. The first kappa shape index (κ1) is 19.5. The number of hydrogen-bond donors (Lipinski definition) is 2. The van der Waals surface area contributed by atoms with Crippen LogP contribution in [0.15, 0.2) is 36.5 Å². The first-order valence-electron chi connectivity index (χ1n) is 7.78. The van der Waals surface area contributed by atoms with E-state index in [9.17, 15) is 22.8 Å². The molecule has 1 heterocycles. The minimum Gasteiger partial charge on any atom is -0.347 e. The van der Waals surface area contributed by atoms with Gasteiger partial charge >= 0.3 is 6.18 Å². The van der Waals surface area contributed by atoms with Crippen molar-refractivity contribution in [2.75, 3.05) is 11.9 Å². The van der Waals surface area contributed by atoms with Gasteiger partial charge in [0.15, 0.2) is 0 Å². The summed E-state index contributed by atoms with van der Waals surface area (Å²) in [5.41, 5.74) is -0.896. The number of alkyl halides is 3. The van der Waals surface area contributed by atoms with Gasteiger partial charge in [0.25, 0.3) is 0 Å². The van der Waals surface area contributed by atoms with Gasteiger partial charge in [0.2, 0.25) is 11.8 Å². The lowest BCUT2D eigenvalue weighted by atomic mass is 9.96. The van der Waals surface area contributed by atoms with Crippen molar-refractivity contribution < 1.29 is 22.8 Å². The zero-order valence-electron chi connectivity index (χ0n) is 14.5. The third kappa shape index (κ3) is 4.84. The summed E-state index contributed by atoms with van der Waals surface area (Å²) in [6, 6.07) is 6.62. The molecule has 0 atom stereocenters. The lowest BCUT2D eigenvalue weighted by Gasteiger charge is -2.17. The Morgan fingerprint density at radius 2 is 1.69 bits per heavy atom. The largest absolute Gasteiger partial charge is 0.433 e. The van der Waals surface area contributed by atoms with Crippen LogP contribution in [0.1, 0.15) is 26.5 Å². The van der Waals surface area contributed by atoms with Crippen molar-refractivity contribution in [1.82, 2.24) is 15.1 Å². The van der Waals surface area contributed by atoms with Crippen molar-refractivity contribution in [3.8, 4) is 5.69 Å². The summed E-state index contributed by atoms with van der Waals surface area (Å²) in [7, 11) is 0. The van der Waals surface area contributed by atoms with E-state index in [1.165, 1.54) is 24.3 Å². The number of rotatable bonds is 4. The average Bonchev–Trinajstić information content (AvgIpc) is 3.02. The van der Waals surface area contributed by atoms with Gasteiger partial charge in [0.1, 0.15) is 5.69 Å². The van der Waals surface area contributed by atoms with Gasteiger partial charge in [-0.15, -0.1) is 0 Å². The number of benzene rings is 1. The molecule has 0 aliphatic heterocycles. The van der Waals surface area contributed by atoms with Gasteiger partial charge in [0, 0.05) is 11.1 Å². The topological polar surface area (TPSA) is 76.0 Å². The van der Waals surface area contributed by atoms with Gasteiger partial charge in [-0.3, -0.25) is 9.59 Å². The summed E-state index contributed by atoms with van der Waals surface area (Å²) >= 11 is 0. The molecule has 0 spiro atoms. The number of anilines is 1. The molecule has 1 aromatic carbocycles. The Balaban J connectivity index is 2.01. The third-order valence-electron chi connectivity index (χ3n) is 3.42. The molecule has 2 amide bonds. The molecule has 9 heteroatoms. The molecular weight excluding hydrogens is 349 g/mol. The Bertz CT molecular complexity index is 790. The predicted molar refractivity (Wildman–Crippen MR) is 89.7 cm³/mol. The van der Waals surface area contributed by atoms with Crippen LogP contribution in [-0.2, 0) is 15.8 Å². The Labute approximate surface area is 148 Å². The first-order valence-corrected chi connectivity index (χ1v) is 7.78. The highest BCUT2D eigenvalue weighted by Gasteiger charge is 2.35. The molecule has 0 unspecified atom stereocenters. The molecule has 2 N–H and O–H groups in total. The zero-order valence-corrected chi connectivity index (χ0v) is 14.5. The maximum absolute atomic E-state index is 12.9. The van der Waals surface area contributed by atoms with Crippen LogP contribution >= 0.6 is 0 Å². The first-order chi connectivity index (χ1) is 12.0. The molecule has 2 aromatic rings. The van der Waals surface area contributed by atoms with Crippen molar-refractivity contribution in [2.24, 2.45) is 5.41 Å². The maximum atomic E-state index is 12.9. The van der Waals surface area contributed by atoms with E-state index in [4.69, 9.17) is 0 Å². The quantitative estimate of drug-likeness (QED) is 0.871. The SMILES string of the molecule is CC(C)(C)C(=O)NCC(=O)Nc1ccc(-n2nccc2C(F)(F)F)cc1. The van der Waals surface area contributed by atoms with E-state index in [2.05, 4.69) is 15.7 Å². The van der Waals surface area contributed by atoms with Gasteiger partial charge in [-0.05, 0) is 30.3 Å². The Morgan fingerprint density at radius 1 is 1.08 bits per heavy atom. The fourth-order valence-electron chi connectivity index (χ4n) is 2.04. The van der Waals surface area contributed by atoms with Crippen LogP contribution in [0, 0.1) is 5.41 Å².